The van der Waals surface area contributed by atoms with Crippen LogP contribution in [0.5, 0.6) is 0 Å². The van der Waals surface area contributed by atoms with Gasteiger partial charge in [-0.3, -0.25) is 0 Å². The molecule has 13 heteroatoms. The standard InChI is InChI=1S/C49H21F6N7/c1-59-34-7-13-45-40(22-34)41-23-35(60-2)8-14-46(41)61(45)44-12-6-30(31-18-32(48(50,51)52)21-33(19-31)49(53,54)55)20-39(44)36-9-3-29(26-58)17-47(36)62-42-10-4-27(24-56)15-37(42)38-16-28(25-57)5-11-43(38)62/h3-23H. The van der Waals surface area contributed by atoms with Crippen LogP contribution in [0.2, 0.25) is 0 Å². The quantitative estimate of drug-likeness (QED) is 0.131. The van der Waals surface area contributed by atoms with Crippen LogP contribution in [0.15, 0.2) is 127 Å². The second-order valence-electron chi connectivity index (χ2n) is 14.4. The summed E-state index contributed by atoms with van der Waals surface area (Å²) in [5.74, 6) is 0. The summed E-state index contributed by atoms with van der Waals surface area (Å²) in [5, 5.41) is 32.3. The van der Waals surface area contributed by atoms with Crippen molar-refractivity contribution in [1.29, 1.82) is 15.8 Å². The van der Waals surface area contributed by atoms with Crippen LogP contribution in [0.4, 0.5) is 37.7 Å². The fraction of sp³-hybridized carbons (Fsp3) is 0.0408. The van der Waals surface area contributed by atoms with Gasteiger partial charge in [-0.15, -0.1) is 0 Å². The molecule has 0 saturated carbocycles. The molecule has 0 bridgehead atoms. The Morgan fingerprint density at radius 3 is 1.32 bits per heavy atom. The number of hydrogen-bond acceptors (Lipinski definition) is 3. The van der Waals surface area contributed by atoms with E-state index in [0.29, 0.717) is 101 Å². The molecule has 0 amide bonds. The van der Waals surface area contributed by atoms with E-state index in [9.17, 15) is 42.1 Å². The summed E-state index contributed by atoms with van der Waals surface area (Å²) in [4.78, 5) is 7.19. The fourth-order valence-electron chi connectivity index (χ4n) is 8.08. The topological polar surface area (TPSA) is 89.9 Å². The summed E-state index contributed by atoms with van der Waals surface area (Å²) in [5.41, 5.74) is 2.11. The molecule has 7 aromatic carbocycles. The average Bonchev–Trinajstić information content (AvgIpc) is 3.78. The van der Waals surface area contributed by atoms with Crippen molar-refractivity contribution in [1.82, 2.24) is 9.13 Å². The van der Waals surface area contributed by atoms with Crippen molar-refractivity contribution >= 4 is 55.0 Å². The van der Waals surface area contributed by atoms with Crippen molar-refractivity contribution in [3.63, 3.8) is 0 Å². The van der Waals surface area contributed by atoms with Crippen LogP contribution in [0.1, 0.15) is 27.8 Å². The monoisotopic (exact) mass is 821 g/mol. The number of hydrogen-bond donors (Lipinski definition) is 0. The summed E-state index contributed by atoms with van der Waals surface area (Å²) >= 11 is 0. The maximum atomic E-state index is 14.2. The van der Waals surface area contributed by atoms with Crippen LogP contribution < -0.4 is 0 Å². The Labute approximate surface area is 347 Å². The van der Waals surface area contributed by atoms with Gasteiger partial charge in [-0.05, 0) is 125 Å². The van der Waals surface area contributed by atoms with Gasteiger partial charge < -0.3 is 9.13 Å². The second-order valence-corrected chi connectivity index (χ2v) is 14.4. The lowest BCUT2D eigenvalue weighted by molar-refractivity contribution is -0.143. The van der Waals surface area contributed by atoms with E-state index in [2.05, 4.69) is 27.9 Å². The Balaban J connectivity index is 1.44. The van der Waals surface area contributed by atoms with Gasteiger partial charge in [0.2, 0.25) is 0 Å². The van der Waals surface area contributed by atoms with Crippen molar-refractivity contribution in [2.75, 3.05) is 0 Å². The molecule has 0 unspecified atom stereocenters. The highest BCUT2D eigenvalue weighted by Gasteiger charge is 2.37. The second kappa shape index (κ2) is 14.2. The van der Waals surface area contributed by atoms with Gasteiger partial charge in [0.05, 0.1) is 92.6 Å². The number of fused-ring (bicyclic) bond motifs is 6. The minimum atomic E-state index is -5.11. The average molecular weight is 822 g/mol. The lowest BCUT2D eigenvalue weighted by Gasteiger charge is -2.21. The molecule has 62 heavy (non-hydrogen) atoms. The van der Waals surface area contributed by atoms with Gasteiger partial charge >= 0.3 is 12.4 Å². The Morgan fingerprint density at radius 1 is 0.419 bits per heavy atom. The molecule has 2 aromatic heterocycles. The fourth-order valence-corrected chi connectivity index (χ4v) is 8.08. The zero-order valence-electron chi connectivity index (χ0n) is 31.5. The largest absolute Gasteiger partial charge is 0.416 e. The molecule has 2 heterocycles. The highest BCUT2D eigenvalue weighted by atomic mass is 19.4. The van der Waals surface area contributed by atoms with Gasteiger partial charge in [-0.25, -0.2) is 9.69 Å². The lowest BCUT2D eigenvalue weighted by atomic mass is 9.93. The van der Waals surface area contributed by atoms with E-state index in [-0.39, 0.29) is 22.8 Å². The zero-order chi connectivity index (χ0) is 43.7. The van der Waals surface area contributed by atoms with Crippen molar-refractivity contribution < 1.29 is 26.3 Å². The maximum Gasteiger partial charge on any atom is 0.416 e. The van der Waals surface area contributed by atoms with Gasteiger partial charge in [0.25, 0.3) is 0 Å². The Hall–Kier alpha value is -8.83. The van der Waals surface area contributed by atoms with E-state index in [1.54, 1.807) is 97.1 Å². The molecule has 294 valence electrons. The van der Waals surface area contributed by atoms with Gasteiger partial charge in [0.15, 0.2) is 11.4 Å². The van der Waals surface area contributed by atoms with Crippen LogP contribution in [0.25, 0.3) is 86.9 Å². The predicted molar refractivity (Wildman–Crippen MR) is 223 cm³/mol. The van der Waals surface area contributed by atoms with Gasteiger partial charge in [0, 0.05) is 21.9 Å². The van der Waals surface area contributed by atoms with E-state index in [0.717, 1.165) is 0 Å². The van der Waals surface area contributed by atoms with E-state index in [1.165, 1.54) is 12.1 Å². The van der Waals surface area contributed by atoms with Crippen LogP contribution in [0.3, 0.4) is 0 Å². The third-order valence-corrected chi connectivity index (χ3v) is 10.8. The minimum Gasteiger partial charge on any atom is -0.309 e. The number of benzene rings is 7. The maximum absolute atomic E-state index is 14.2. The van der Waals surface area contributed by atoms with Crippen molar-refractivity contribution in [3.05, 3.63) is 178 Å². The Kier molecular flexibility index (Phi) is 8.84. The van der Waals surface area contributed by atoms with E-state index in [1.807, 2.05) is 9.13 Å². The number of alkyl halides is 6. The Bertz CT molecular complexity index is 3450. The minimum absolute atomic E-state index is 0.0153. The molecule has 0 spiro atoms. The molecule has 0 saturated heterocycles. The van der Waals surface area contributed by atoms with Crippen molar-refractivity contribution in [2.24, 2.45) is 0 Å². The van der Waals surface area contributed by atoms with E-state index < -0.39 is 23.5 Å². The molecule has 0 atom stereocenters. The van der Waals surface area contributed by atoms with Crippen molar-refractivity contribution in [3.8, 4) is 51.8 Å². The first-order valence-electron chi connectivity index (χ1n) is 18.5. The van der Waals surface area contributed by atoms with Crippen LogP contribution >= 0.6 is 0 Å². The first-order valence-corrected chi connectivity index (χ1v) is 18.5. The SMILES string of the molecule is [C-]#[N+]c1ccc2c(c1)c1cc([N+]#[C-])ccc1n2-c1ccc(-c2cc(C(F)(F)F)cc(C(F)(F)F)c2)cc1-c1ccc(C#N)cc1-n1c2ccc(C#N)cc2c2cc(C#N)ccc21. The molecular formula is C49H21F6N7. The number of nitriles is 3. The first-order chi connectivity index (χ1) is 29.7. The van der Waals surface area contributed by atoms with Gasteiger partial charge in [-0.1, -0.05) is 24.3 Å². The van der Waals surface area contributed by atoms with Crippen molar-refractivity contribution in [2.45, 2.75) is 12.4 Å². The summed E-state index contributed by atoms with van der Waals surface area (Å²) in [6.45, 7) is 15.4. The number of aromatic nitrogens is 2. The highest BCUT2D eigenvalue weighted by molar-refractivity contribution is 6.13. The Morgan fingerprint density at radius 2 is 0.855 bits per heavy atom. The molecule has 0 fully saturated rings. The van der Waals surface area contributed by atoms with Gasteiger partial charge in [-0.2, -0.15) is 42.1 Å². The summed E-state index contributed by atoms with van der Waals surface area (Å²) < 4.78 is 89.0. The van der Waals surface area contributed by atoms with E-state index >= 15 is 0 Å². The molecule has 0 radical (unpaired) electrons. The normalized spacial score (nSPS) is 11.6. The first kappa shape index (κ1) is 38.7. The van der Waals surface area contributed by atoms with E-state index in [4.69, 9.17) is 13.1 Å². The third-order valence-electron chi connectivity index (χ3n) is 10.8. The summed E-state index contributed by atoms with van der Waals surface area (Å²) in [6, 6.07) is 37.3. The molecule has 0 aliphatic rings. The van der Waals surface area contributed by atoms with Gasteiger partial charge in [0.1, 0.15) is 0 Å². The third kappa shape index (κ3) is 6.28. The highest BCUT2D eigenvalue weighted by Crippen LogP contribution is 2.45. The number of rotatable bonds is 4. The molecule has 9 rings (SSSR count). The molecular weight excluding hydrogens is 801 g/mol. The zero-order valence-corrected chi connectivity index (χ0v) is 31.5. The molecule has 7 nitrogen and oxygen atoms in total. The summed E-state index contributed by atoms with van der Waals surface area (Å²) in [7, 11) is 0. The number of halogens is 6. The smallest absolute Gasteiger partial charge is 0.309 e. The van der Waals surface area contributed by atoms with Crippen LogP contribution in [0, 0.1) is 47.1 Å². The number of nitrogens with zero attached hydrogens (tertiary/aromatic N) is 7. The predicted octanol–water partition coefficient (Wildman–Crippen LogP) is 14.0. The molecule has 9 aromatic rings. The van der Waals surface area contributed by atoms with Crippen LogP contribution in [-0.4, -0.2) is 9.13 Å². The molecule has 0 aliphatic carbocycles. The lowest BCUT2D eigenvalue weighted by Crippen LogP contribution is -2.11. The summed E-state index contributed by atoms with van der Waals surface area (Å²) in [6.07, 6.45) is -10.2. The molecule has 0 N–H and O–H groups in total. The van der Waals surface area contributed by atoms with Crippen LogP contribution in [-0.2, 0) is 12.4 Å². The molecule has 0 aliphatic heterocycles.